The molecule has 1 unspecified atom stereocenters. The number of fused-ring (bicyclic) bond motifs is 1. The Hall–Kier alpha value is -2.47. The minimum atomic E-state index is -0.146. The van der Waals surface area contributed by atoms with Crippen LogP contribution in [0.2, 0.25) is 0 Å². The highest BCUT2D eigenvalue weighted by atomic mass is 16.2. The second-order valence-corrected chi connectivity index (χ2v) is 7.17. The number of hydrogen-bond donors (Lipinski definition) is 1. The number of nitrogens with zero attached hydrogens (tertiary/aromatic N) is 3. The van der Waals surface area contributed by atoms with Crippen molar-refractivity contribution in [2.45, 2.75) is 31.8 Å². The zero-order valence-electron chi connectivity index (χ0n) is 15.0. The summed E-state index contributed by atoms with van der Waals surface area (Å²) in [5.41, 5.74) is 1.40. The van der Waals surface area contributed by atoms with Gasteiger partial charge in [0.25, 0.3) is 5.91 Å². The van der Waals surface area contributed by atoms with E-state index >= 15 is 0 Å². The molecule has 2 amide bonds. The van der Waals surface area contributed by atoms with Crippen LogP contribution in [0.5, 0.6) is 0 Å². The quantitative estimate of drug-likeness (QED) is 0.909. The molecule has 6 nitrogen and oxygen atoms in total. The van der Waals surface area contributed by atoms with Gasteiger partial charge < -0.3 is 10.2 Å². The Kier molecular flexibility index (Phi) is 4.59. The molecule has 2 aliphatic rings. The van der Waals surface area contributed by atoms with Crippen molar-refractivity contribution in [1.82, 2.24) is 20.1 Å². The molecule has 2 aromatic rings. The number of hydrogen-bond acceptors (Lipinski definition) is 4. The second-order valence-electron chi connectivity index (χ2n) is 7.17. The standard InChI is InChI=1S/C20H24N4O2/c1-14(19(25)22-16-7-8-16)23-10-12-24(13-11-23)20(26)17-6-2-4-15-5-3-9-21-18(15)17/h2-6,9,14,16H,7-8,10-13H2,1H3,(H,22,25). The lowest BCUT2D eigenvalue weighted by Gasteiger charge is -2.37. The molecule has 1 saturated carbocycles. The van der Waals surface area contributed by atoms with Crippen LogP contribution in [-0.2, 0) is 4.79 Å². The van der Waals surface area contributed by atoms with Crippen molar-refractivity contribution in [1.29, 1.82) is 0 Å². The van der Waals surface area contributed by atoms with Crippen LogP contribution >= 0.6 is 0 Å². The molecule has 136 valence electrons. The lowest BCUT2D eigenvalue weighted by Crippen LogP contribution is -2.55. The number of pyridine rings is 1. The van der Waals surface area contributed by atoms with Crippen molar-refractivity contribution in [2.24, 2.45) is 0 Å². The van der Waals surface area contributed by atoms with E-state index in [1.807, 2.05) is 42.2 Å². The van der Waals surface area contributed by atoms with E-state index in [1.165, 1.54) is 0 Å². The fourth-order valence-electron chi connectivity index (χ4n) is 3.47. The largest absolute Gasteiger partial charge is 0.352 e. The van der Waals surface area contributed by atoms with Crippen molar-refractivity contribution in [3.8, 4) is 0 Å². The first-order valence-corrected chi connectivity index (χ1v) is 9.31. The molecule has 0 spiro atoms. The Bertz CT molecular complexity index is 820. The van der Waals surface area contributed by atoms with E-state index < -0.39 is 0 Å². The number of benzene rings is 1. The highest BCUT2D eigenvalue weighted by Crippen LogP contribution is 2.20. The molecule has 26 heavy (non-hydrogen) atoms. The summed E-state index contributed by atoms with van der Waals surface area (Å²) in [5.74, 6) is 0.120. The summed E-state index contributed by atoms with van der Waals surface area (Å²) in [5, 5.41) is 4.04. The number of nitrogens with one attached hydrogen (secondary N) is 1. The first-order chi connectivity index (χ1) is 12.6. The lowest BCUT2D eigenvalue weighted by atomic mass is 10.1. The van der Waals surface area contributed by atoms with Crippen LogP contribution in [0.25, 0.3) is 10.9 Å². The summed E-state index contributed by atoms with van der Waals surface area (Å²) in [6.45, 7) is 4.63. The van der Waals surface area contributed by atoms with Crippen molar-refractivity contribution >= 4 is 22.7 Å². The summed E-state index contributed by atoms with van der Waals surface area (Å²) >= 11 is 0. The molecule has 0 bridgehead atoms. The summed E-state index contributed by atoms with van der Waals surface area (Å²) in [6.07, 6.45) is 3.91. The number of para-hydroxylation sites is 1. The fourth-order valence-corrected chi connectivity index (χ4v) is 3.47. The predicted octanol–water partition coefficient (Wildman–Crippen LogP) is 1.66. The number of aromatic nitrogens is 1. The third-order valence-electron chi connectivity index (χ3n) is 5.32. The maximum absolute atomic E-state index is 13.0. The molecule has 1 saturated heterocycles. The molecule has 1 atom stereocenters. The van der Waals surface area contributed by atoms with Gasteiger partial charge in [0.15, 0.2) is 0 Å². The average molecular weight is 352 g/mol. The van der Waals surface area contributed by atoms with Gasteiger partial charge in [-0.1, -0.05) is 18.2 Å². The zero-order chi connectivity index (χ0) is 18.1. The first kappa shape index (κ1) is 17.0. The molecule has 1 aliphatic heterocycles. The monoisotopic (exact) mass is 352 g/mol. The molecule has 1 N–H and O–H groups in total. The minimum Gasteiger partial charge on any atom is -0.352 e. The van der Waals surface area contributed by atoms with Gasteiger partial charge in [0.05, 0.1) is 17.1 Å². The number of carbonyl (C=O) groups excluding carboxylic acids is 2. The van der Waals surface area contributed by atoms with Gasteiger partial charge in [0.1, 0.15) is 0 Å². The van der Waals surface area contributed by atoms with E-state index in [-0.39, 0.29) is 17.9 Å². The molecule has 6 heteroatoms. The lowest BCUT2D eigenvalue weighted by molar-refractivity contribution is -0.126. The van der Waals surface area contributed by atoms with Gasteiger partial charge in [-0.05, 0) is 31.9 Å². The van der Waals surface area contributed by atoms with E-state index in [9.17, 15) is 9.59 Å². The molecule has 4 rings (SSSR count). The third-order valence-corrected chi connectivity index (χ3v) is 5.32. The average Bonchev–Trinajstić information content (AvgIpc) is 3.50. The van der Waals surface area contributed by atoms with Gasteiger partial charge >= 0.3 is 0 Å². The summed E-state index contributed by atoms with van der Waals surface area (Å²) in [6, 6.07) is 9.80. The van der Waals surface area contributed by atoms with Gasteiger partial charge in [0.2, 0.25) is 5.91 Å². The zero-order valence-corrected chi connectivity index (χ0v) is 15.0. The number of amides is 2. The van der Waals surface area contributed by atoms with Crippen LogP contribution in [0.1, 0.15) is 30.1 Å². The Labute approximate surface area is 153 Å². The Balaban J connectivity index is 1.41. The van der Waals surface area contributed by atoms with Crippen molar-refractivity contribution in [2.75, 3.05) is 26.2 Å². The molecular formula is C20H24N4O2. The highest BCUT2D eigenvalue weighted by Gasteiger charge is 2.31. The van der Waals surface area contributed by atoms with Gasteiger partial charge in [-0.25, -0.2) is 0 Å². The van der Waals surface area contributed by atoms with Crippen LogP contribution in [0.15, 0.2) is 36.5 Å². The summed E-state index contributed by atoms with van der Waals surface area (Å²) < 4.78 is 0. The van der Waals surface area contributed by atoms with Gasteiger partial charge in [-0.15, -0.1) is 0 Å². The normalized spacial score (nSPS) is 19.3. The number of piperazine rings is 1. The third kappa shape index (κ3) is 3.42. The number of carbonyl (C=O) groups is 2. The Morgan fingerprint density at radius 1 is 1.12 bits per heavy atom. The Morgan fingerprint density at radius 3 is 2.58 bits per heavy atom. The summed E-state index contributed by atoms with van der Waals surface area (Å²) in [7, 11) is 0. The van der Waals surface area contributed by atoms with E-state index in [0.717, 1.165) is 23.7 Å². The first-order valence-electron chi connectivity index (χ1n) is 9.31. The van der Waals surface area contributed by atoms with Crippen molar-refractivity contribution < 1.29 is 9.59 Å². The maximum atomic E-state index is 13.0. The van der Waals surface area contributed by atoms with Crippen LogP contribution in [0, 0.1) is 0 Å². The fraction of sp³-hybridized carbons (Fsp3) is 0.450. The molecule has 2 fully saturated rings. The van der Waals surface area contributed by atoms with Crippen molar-refractivity contribution in [3.63, 3.8) is 0 Å². The SMILES string of the molecule is CC(C(=O)NC1CC1)N1CCN(C(=O)c2cccc3cccnc23)CC1. The van der Waals surface area contributed by atoms with E-state index in [4.69, 9.17) is 0 Å². The smallest absolute Gasteiger partial charge is 0.256 e. The highest BCUT2D eigenvalue weighted by molar-refractivity contribution is 6.05. The van der Waals surface area contributed by atoms with Gasteiger partial charge in [-0.2, -0.15) is 0 Å². The number of rotatable bonds is 4. The topological polar surface area (TPSA) is 65.5 Å². The van der Waals surface area contributed by atoms with Crippen molar-refractivity contribution in [3.05, 3.63) is 42.1 Å². The minimum absolute atomic E-state index is 0.0176. The predicted molar refractivity (Wildman–Crippen MR) is 99.8 cm³/mol. The van der Waals surface area contributed by atoms with Gasteiger partial charge in [-0.3, -0.25) is 19.5 Å². The summed E-state index contributed by atoms with van der Waals surface area (Å²) in [4.78, 5) is 33.6. The Morgan fingerprint density at radius 2 is 1.85 bits per heavy atom. The van der Waals surface area contributed by atoms with Gasteiger partial charge in [0, 0.05) is 43.8 Å². The van der Waals surface area contributed by atoms with Crippen LogP contribution in [0.3, 0.4) is 0 Å². The molecule has 2 heterocycles. The molecule has 1 aromatic carbocycles. The second kappa shape index (κ2) is 7.03. The maximum Gasteiger partial charge on any atom is 0.256 e. The molecule has 1 aliphatic carbocycles. The van der Waals surface area contributed by atoms with E-state index in [2.05, 4.69) is 15.2 Å². The van der Waals surface area contributed by atoms with E-state index in [0.29, 0.717) is 37.8 Å². The molecule has 1 aromatic heterocycles. The molecular weight excluding hydrogens is 328 g/mol. The van der Waals surface area contributed by atoms with Crippen LogP contribution in [-0.4, -0.2) is 64.9 Å². The van der Waals surface area contributed by atoms with E-state index in [1.54, 1.807) is 6.20 Å². The van der Waals surface area contributed by atoms with Crippen LogP contribution < -0.4 is 5.32 Å². The molecule has 0 radical (unpaired) electrons. The van der Waals surface area contributed by atoms with Crippen LogP contribution in [0.4, 0.5) is 0 Å².